The number of halogens is 1. The van der Waals surface area contributed by atoms with E-state index < -0.39 is 0 Å². The van der Waals surface area contributed by atoms with E-state index in [0.717, 1.165) is 26.5 Å². The smallest absolute Gasteiger partial charge is 0.234 e. The van der Waals surface area contributed by atoms with Crippen LogP contribution < -0.4 is 5.32 Å². The molecule has 0 saturated carbocycles. The molecule has 0 bridgehead atoms. The lowest BCUT2D eigenvalue weighted by Crippen LogP contribution is -2.14. The zero-order valence-electron chi connectivity index (χ0n) is 14.7. The third-order valence-electron chi connectivity index (χ3n) is 3.89. The molecule has 1 heterocycles. The van der Waals surface area contributed by atoms with Gasteiger partial charge in [-0.2, -0.15) is 0 Å². The number of amides is 1. The number of rotatable bonds is 6. The SMILES string of the molecule is O=C(CSc1nc2ccc(Cl)cc2[nH]1)Nc1ccccc1Sc1ccccc1. The predicted molar refractivity (Wildman–Crippen MR) is 117 cm³/mol. The molecular weight excluding hydrogens is 410 g/mol. The molecule has 28 heavy (non-hydrogen) atoms. The van der Waals surface area contributed by atoms with Gasteiger partial charge < -0.3 is 10.3 Å². The van der Waals surface area contributed by atoms with Gasteiger partial charge in [0.2, 0.25) is 5.91 Å². The van der Waals surface area contributed by atoms with Crippen molar-refractivity contribution in [2.75, 3.05) is 11.1 Å². The van der Waals surface area contributed by atoms with Crippen molar-refractivity contribution >= 4 is 57.8 Å². The second kappa shape index (κ2) is 8.73. The third-order valence-corrected chi connectivity index (χ3v) is 6.09. The Hall–Kier alpha value is -2.41. The lowest BCUT2D eigenvalue weighted by atomic mass is 10.3. The first kappa shape index (κ1) is 18.9. The summed E-state index contributed by atoms with van der Waals surface area (Å²) in [7, 11) is 0. The summed E-state index contributed by atoms with van der Waals surface area (Å²) in [5, 5.41) is 4.35. The maximum absolute atomic E-state index is 12.5. The van der Waals surface area contributed by atoms with Gasteiger partial charge in [0.15, 0.2) is 5.16 Å². The number of thioether (sulfide) groups is 1. The van der Waals surface area contributed by atoms with E-state index in [-0.39, 0.29) is 11.7 Å². The van der Waals surface area contributed by atoms with Crippen molar-refractivity contribution < 1.29 is 4.79 Å². The molecule has 4 aromatic rings. The van der Waals surface area contributed by atoms with Crippen LogP contribution in [0.15, 0.2) is 87.7 Å². The number of nitrogens with zero attached hydrogens (tertiary/aromatic N) is 1. The molecule has 2 N–H and O–H groups in total. The summed E-state index contributed by atoms with van der Waals surface area (Å²) in [6, 6.07) is 23.4. The van der Waals surface area contributed by atoms with Crippen LogP contribution >= 0.6 is 35.1 Å². The average molecular weight is 426 g/mol. The molecule has 3 aromatic carbocycles. The Morgan fingerprint density at radius 3 is 2.68 bits per heavy atom. The second-order valence-electron chi connectivity index (χ2n) is 5.95. The number of hydrogen-bond acceptors (Lipinski definition) is 4. The number of nitrogens with one attached hydrogen (secondary N) is 2. The standard InChI is InChI=1S/C21H16ClN3OS2/c22-14-10-11-16-18(12-14)25-21(24-16)27-13-20(26)23-17-8-4-5-9-19(17)28-15-6-2-1-3-7-15/h1-12H,13H2,(H,23,26)(H,24,25). The topological polar surface area (TPSA) is 57.8 Å². The summed E-state index contributed by atoms with van der Waals surface area (Å²) in [5.41, 5.74) is 2.50. The van der Waals surface area contributed by atoms with Gasteiger partial charge >= 0.3 is 0 Å². The number of hydrogen-bond donors (Lipinski definition) is 2. The average Bonchev–Trinajstić information content (AvgIpc) is 3.11. The zero-order chi connectivity index (χ0) is 19.3. The molecule has 0 aliphatic heterocycles. The number of benzene rings is 3. The zero-order valence-corrected chi connectivity index (χ0v) is 17.1. The Balaban J connectivity index is 1.41. The van der Waals surface area contributed by atoms with E-state index in [9.17, 15) is 4.79 Å². The number of anilines is 1. The van der Waals surface area contributed by atoms with E-state index in [4.69, 9.17) is 11.6 Å². The first-order chi connectivity index (χ1) is 13.7. The van der Waals surface area contributed by atoms with Crippen LogP contribution in [0.3, 0.4) is 0 Å². The van der Waals surface area contributed by atoms with E-state index >= 15 is 0 Å². The normalized spacial score (nSPS) is 10.9. The molecule has 1 aromatic heterocycles. The molecule has 0 spiro atoms. The summed E-state index contributed by atoms with van der Waals surface area (Å²) in [6.45, 7) is 0. The molecule has 4 nitrogen and oxygen atoms in total. The van der Waals surface area contributed by atoms with Crippen molar-refractivity contribution in [1.29, 1.82) is 0 Å². The molecule has 0 radical (unpaired) electrons. The molecule has 140 valence electrons. The van der Waals surface area contributed by atoms with Crippen LogP contribution in [0.5, 0.6) is 0 Å². The van der Waals surface area contributed by atoms with Crippen LogP contribution in [0.4, 0.5) is 5.69 Å². The van der Waals surface area contributed by atoms with E-state index in [1.807, 2.05) is 66.7 Å². The number of carbonyl (C=O) groups is 1. The first-order valence-corrected chi connectivity index (χ1v) is 10.8. The van der Waals surface area contributed by atoms with Gasteiger partial charge in [0, 0.05) is 14.8 Å². The van der Waals surface area contributed by atoms with Gasteiger partial charge in [-0.15, -0.1) is 0 Å². The number of aromatic amines is 1. The van der Waals surface area contributed by atoms with Crippen molar-refractivity contribution in [3.05, 3.63) is 77.8 Å². The van der Waals surface area contributed by atoms with Gasteiger partial charge in [-0.3, -0.25) is 4.79 Å². The lowest BCUT2D eigenvalue weighted by molar-refractivity contribution is -0.113. The fourth-order valence-corrected chi connectivity index (χ4v) is 4.40. The quantitative estimate of drug-likeness (QED) is 0.366. The van der Waals surface area contributed by atoms with Gasteiger partial charge in [0.25, 0.3) is 0 Å². The number of carbonyl (C=O) groups excluding carboxylic acids is 1. The molecule has 4 rings (SSSR count). The van der Waals surface area contributed by atoms with Gasteiger partial charge in [0.1, 0.15) is 0 Å². The van der Waals surface area contributed by atoms with Gasteiger partial charge in [-0.25, -0.2) is 4.98 Å². The molecule has 0 saturated heterocycles. The van der Waals surface area contributed by atoms with Crippen LogP contribution in [0, 0.1) is 0 Å². The van der Waals surface area contributed by atoms with Crippen LogP contribution in [-0.2, 0) is 4.79 Å². The third kappa shape index (κ3) is 4.70. The molecule has 0 aliphatic carbocycles. The Kier molecular flexibility index (Phi) is 5.90. The molecule has 0 unspecified atom stereocenters. The number of imidazole rings is 1. The predicted octanol–water partition coefficient (Wildman–Crippen LogP) is 6.10. The Labute approximate surface area is 176 Å². The fourth-order valence-electron chi connectivity index (χ4n) is 2.62. The highest BCUT2D eigenvalue weighted by Crippen LogP contribution is 2.33. The Bertz CT molecular complexity index is 1120. The number of fused-ring (bicyclic) bond motifs is 1. The summed E-state index contributed by atoms with van der Waals surface area (Å²) >= 11 is 8.98. The Morgan fingerprint density at radius 1 is 1.04 bits per heavy atom. The van der Waals surface area contributed by atoms with Gasteiger partial charge in [-0.05, 0) is 42.5 Å². The van der Waals surface area contributed by atoms with Gasteiger partial charge in [0.05, 0.1) is 22.5 Å². The number of H-pyrrole nitrogens is 1. The Morgan fingerprint density at radius 2 is 1.82 bits per heavy atom. The van der Waals surface area contributed by atoms with E-state index in [2.05, 4.69) is 15.3 Å². The number of aromatic nitrogens is 2. The molecule has 7 heteroatoms. The first-order valence-electron chi connectivity index (χ1n) is 8.57. The van der Waals surface area contributed by atoms with Crippen molar-refractivity contribution in [2.24, 2.45) is 0 Å². The lowest BCUT2D eigenvalue weighted by Gasteiger charge is -2.10. The molecule has 0 aliphatic rings. The molecule has 0 atom stereocenters. The van der Waals surface area contributed by atoms with Crippen LogP contribution in [-0.4, -0.2) is 21.6 Å². The maximum atomic E-state index is 12.5. The maximum Gasteiger partial charge on any atom is 0.234 e. The highest BCUT2D eigenvalue weighted by molar-refractivity contribution is 8.00. The largest absolute Gasteiger partial charge is 0.333 e. The minimum atomic E-state index is -0.0791. The van der Waals surface area contributed by atoms with E-state index in [1.165, 1.54) is 11.8 Å². The molecule has 0 fully saturated rings. The summed E-state index contributed by atoms with van der Waals surface area (Å²) < 4.78 is 0. The molecule has 1 amide bonds. The highest BCUT2D eigenvalue weighted by atomic mass is 35.5. The fraction of sp³-hybridized carbons (Fsp3) is 0.0476. The highest BCUT2D eigenvalue weighted by Gasteiger charge is 2.10. The van der Waals surface area contributed by atoms with Crippen LogP contribution in [0.25, 0.3) is 11.0 Å². The van der Waals surface area contributed by atoms with Crippen molar-refractivity contribution in [3.63, 3.8) is 0 Å². The van der Waals surface area contributed by atoms with E-state index in [1.54, 1.807) is 17.8 Å². The van der Waals surface area contributed by atoms with E-state index in [0.29, 0.717) is 10.2 Å². The minimum absolute atomic E-state index is 0.0791. The summed E-state index contributed by atoms with van der Waals surface area (Å²) in [5.74, 6) is 0.183. The number of para-hydroxylation sites is 1. The second-order valence-corrected chi connectivity index (χ2v) is 8.47. The molecular formula is C21H16ClN3OS2. The van der Waals surface area contributed by atoms with Crippen molar-refractivity contribution in [3.8, 4) is 0 Å². The van der Waals surface area contributed by atoms with Crippen molar-refractivity contribution in [2.45, 2.75) is 14.9 Å². The van der Waals surface area contributed by atoms with Crippen molar-refractivity contribution in [1.82, 2.24) is 9.97 Å². The monoisotopic (exact) mass is 425 g/mol. The summed E-state index contributed by atoms with van der Waals surface area (Å²) in [6.07, 6.45) is 0. The van der Waals surface area contributed by atoms with Crippen LogP contribution in [0.1, 0.15) is 0 Å². The van der Waals surface area contributed by atoms with Crippen LogP contribution in [0.2, 0.25) is 5.02 Å². The van der Waals surface area contributed by atoms with Gasteiger partial charge in [-0.1, -0.05) is 65.5 Å². The minimum Gasteiger partial charge on any atom is -0.333 e. The summed E-state index contributed by atoms with van der Waals surface area (Å²) in [4.78, 5) is 22.2.